The minimum Gasteiger partial charge on any atom is -0.489 e. The van der Waals surface area contributed by atoms with E-state index in [1.165, 1.54) is 17.7 Å². The highest BCUT2D eigenvalue weighted by Gasteiger charge is 2.01. The molecule has 0 aliphatic heterocycles. The molecule has 0 atom stereocenters. The van der Waals surface area contributed by atoms with Crippen molar-refractivity contribution in [2.24, 2.45) is 0 Å². The van der Waals surface area contributed by atoms with Crippen LogP contribution in [0.4, 0.5) is 4.39 Å². The van der Waals surface area contributed by atoms with E-state index in [0.29, 0.717) is 6.61 Å². The van der Waals surface area contributed by atoms with Crippen LogP contribution in [0.15, 0.2) is 48.5 Å². The second kappa shape index (κ2) is 13.8. The molecule has 0 bridgehead atoms. The molecule has 0 radical (unpaired) electrons. The van der Waals surface area contributed by atoms with Crippen LogP contribution in [0.1, 0.15) is 25.0 Å². The molecule has 2 aromatic rings. The standard InChI is InChI=1S/C20H27FN2O.2ClH/c1-3-23(4-2)13-12-22-15-18-6-5-7-20(14-18)24-16-17-8-10-19(21)11-9-17;;/h5-11,14,22H,3-4,12-13,15-16H2,1-2H3;2*1H. The summed E-state index contributed by atoms with van der Waals surface area (Å²) in [7, 11) is 0. The van der Waals surface area contributed by atoms with Crippen LogP contribution in [-0.4, -0.2) is 31.1 Å². The lowest BCUT2D eigenvalue weighted by Gasteiger charge is -2.18. The van der Waals surface area contributed by atoms with Crippen LogP contribution in [0.25, 0.3) is 0 Å². The van der Waals surface area contributed by atoms with E-state index < -0.39 is 0 Å². The third kappa shape index (κ3) is 8.86. The third-order valence-corrected chi connectivity index (χ3v) is 4.05. The van der Waals surface area contributed by atoms with Crippen LogP contribution in [0, 0.1) is 5.82 Å². The summed E-state index contributed by atoms with van der Waals surface area (Å²) in [5.74, 6) is 0.610. The van der Waals surface area contributed by atoms with Crippen LogP contribution < -0.4 is 10.1 Å². The zero-order valence-electron chi connectivity index (χ0n) is 15.4. The van der Waals surface area contributed by atoms with Gasteiger partial charge in [-0.25, -0.2) is 4.39 Å². The second-order valence-electron chi connectivity index (χ2n) is 5.77. The first-order chi connectivity index (χ1) is 11.7. The van der Waals surface area contributed by atoms with Crippen LogP contribution in [0.2, 0.25) is 0 Å². The summed E-state index contributed by atoms with van der Waals surface area (Å²) in [6, 6.07) is 14.5. The van der Waals surface area contributed by atoms with Crippen molar-refractivity contribution >= 4 is 24.8 Å². The molecule has 26 heavy (non-hydrogen) atoms. The summed E-state index contributed by atoms with van der Waals surface area (Å²) in [6.45, 7) is 9.86. The predicted octanol–water partition coefficient (Wildman–Crippen LogP) is 4.68. The molecule has 2 aromatic carbocycles. The average Bonchev–Trinajstić information content (AvgIpc) is 2.62. The SMILES string of the molecule is CCN(CC)CCNCc1cccc(OCc2ccc(F)cc2)c1.Cl.Cl. The fraction of sp³-hybridized carbons (Fsp3) is 0.400. The number of hydrogen-bond acceptors (Lipinski definition) is 3. The summed E-state index contributed by atoms with van der Waals surface area (Å²) in [5, 5.41) is 3.47. The van der Waals surface area contributed by atoms with Crippen molar-refractivity contribution in [1.82, 2.24) is 10.2 Å². The van der Waals surface area contributed by atoms with Crippen molar-refractivity contribution in [2.75, 3.05) is 26.2 Å². The van der Waals surface area contributed by atoms with Gasteiger partial charge in [0.25, 0.3) is 0 Å². The van der Waals surface area contributed by atoms with Gasteiger partial charge in [0.2, 0.25) is 0 Å². The first kappa shape index (κ1) is 24.7. The summed E-state index contributed by atoms with van der Waals surface area (Å²) in [4.78, 5) is 2.40. The highest BCUT2D eigenvalue weighted by Crippen LogP contribution is 2.15. The number of nitrogens with zero attached hydrogens (tertiary/aromatic N) is 1. The molecule has 2 rings (SSSR count). The first-order valence-electron chi connectivity index (χ1n) is 8.60. The maximum absolute atomic E-state index is 12.9. The van der Waals surface area contributed by atoms with E-state index in [0.717, 1.165) is 44.0 Å². The molecule has 0 unspecified atom stereocenters. The normalized spacial score (nSPS) is 10.2. The van der Waals surface area contributed by atoms with E-state index in [-0.39, 0.29) is 30.6 Å². The molecule has 0 heterocycles. The molecule has 0 spiro atoms. The molecule has 0 amide bonds. The fourth-order valence-electron chi connectivity index (χ4n) is 2.50. The highest BCUT2D eigenvalue weighted by atomic mass is 35.5. The van der Waals surface area contributed by atoms with Gasteiger partial charge in [0, 0.05) is 19.6 Å². The van der Waals surface area contributed by atoms with Crippen molar-refractivity contribution in [1.29, 1.82) is 0 Å². The molecule has 0 aliphatic carbocycles. The van der Waals surface area contributed by atoms with Crippen molar-refractivity contribution in [2.45, 2.75) is 27.0 Å². The summed E-state index contributed by atoms with van der Waals surface area (Å²) < 4.78 is 18.7. The van der Waals surface area contributed by atoms with Crippen LogP contribution in [0.5, 0.6) is 5.75 Å². The van der Waals surface area contributed by atoms with E-state index in [1.807, 2.05) is 18.2 Å². The third-order valence-electron chi connectivity index (χ3n) is 4.05. The minimum atomic E-state index is -0.225. The van der Waals surface area contributed by atoms with Crippen LogP contribution in [0.3, 0.4) is 0 Å². The number of hydrogen-bond donors (Lipinski definition) is 1. The lowest BCUT2D eigenvalue weighted by Crippen LogP contribution is -2.31. The maximum Gasteiger partial charge on any atom is 0.123 e. The zero-order valence-corrected chi connectivity index (χ0v) is 17.0. The number of likely N-dealkylation sites (N-methyl/N-ethyl adjacent to an activating group) is 1. The molecule has 146 valence electrons. The topological polar surface area (TPSA) is 24.5 Å². The highest BCUT2D eigenvalue weighted by molar-refractivity contribution is 5.85. The van der Waals surface area contributed by atoms with Gasteiger partial charge in [-0.3, -0.25) is 0 Å². The molecule has 3 nitrogen and oxygen atoms in total. The lowest BCUT2D eigenvalue weighted by molar-refractivity contribution is 0.301. The van der Waals surface area contributed by atoms with Gasteiger partial charge in [-0.2, -0.15) is 0 Å². The lowest BCUT2D eigenvalue weighted by atomic mass is 10.2. The number of nitrogens with one attached hydrogen (secondary N) is 1. The second-order valence-corrected chi connectivity index (χ2v) is 5.77. The number of benzene rings is 2. The average molecular weight is 403 g/mol. The van der Waals surface area contributed by atoms with Gasteiger partial charge in [-0.05, 0) is 48.5 Å². The predicted molar refractivity (Wildman–Crippen MR) is 111 cm³/mol. The zero-order chi connectivity index (χ0) is 17.2. The van der Waals surface area contributed by atoms with E-state index in [9.17, 15) is 4.39 Å². The quantitative estimate of drug-likeness (QED) is 0.583. The van der Waals surface area contributed by atoms with Gasteiger partial charge in [0.1, 0.15) is 18.2 Å². The smallest absolute Gasteiger partial charge is 0.123 e. The van der Waals surface area contributed by atoms with Crippen molar-refractivity contribution in [3.05, 3.63) is 65.5 Å². The van der Waals surface area contributed by atoms with E-state index in [2.05, 4.69) is 30.1 Å². The van der Waals surface area contributed by atoms with Crippen molar-refractivity contribution < 1.29 is 9.13 Å². The van der Waals surface area contributed by atoms with Gasteiger partial charge in [-0.1, -0.05) is 38.1 Å². The van der Waals surface area contributed by atoms with E-state index >= 15 is 0 Å². The largest absolute Gasteiger partial charge is 0.489 e. The molecular formula is C20H29Cl2FN2O. The van der Waals surface area contributed by atoms with Crippen LogP contribution in [-0.2, 0) is 13.2 Å². The number of halogens is 3. The van der Waals surface area contributed by atoms with Gasteiger partial charge in [0.05, 0.1) is 0 Å². The summed E-state index contributed by atoms with van der Waals surface area (Å²) in [6.07, 6.45) is 0. The van der Waals surface area contributed by atoms with E-state index in [4.69, 9.17) is 4.74 Å². The molecule has 0 saturated carbocycles. The molecule has 0 aromatic heterocycles. The first-order valence-corrected chi connectivity index (χ1v) is 8.60. The number of ether oxygens (including phenoxy) is 1. The molecule has 0 saturated heterocycles. The van der Waals surface area contributed by atoms with Crippen LogP contribution >= 0.6 is 24.8 Å². The summed E-state index contributed by atoms with van der Waals surface area (Å²) in [5.41, 5.74) is 2.16. The summed E-state index contributed by atoms with van der Waals surface area (Å²) >= 11 is 0. The molecular weight excluding hydrogens is 374 g/mol. The van der Waals surface area contributed by atoms with Gasteiger partial charge in [-0.15, -0.1) is 24.8 Å². The Kier molecular flexibility index (Phi) is 13.1. The van der Waals surface area contributed by atoms with Crippen molar-refractivity contribution in [3.63, 3.8) is 0 Å². The molecule has 0 fully saturated rings. The maximum atomic E-state index is 12.9. The Morgan fingerprint density at radius 1 is 0.962 bits per heavy atom. The molecule has 1 N–H and O–H groups in total. The number of rotatable bonds is 10. The Bertz CT molecular complexity index is 607. The molecule has 6 heteroatoms. The molecule has 0 aliphatic rings. The monoisotopic (exact) mass is 402 g/mol. The fourth-order valence-corrected chi connectivity index (χ4v) is 2.50. The van der Waals surface area contributed by atoms with E-state index in [1.54, 1.807) is 12.1 Å². The van der Waals surface area contributed by atoms with Gasteiger partial charge in [0.15, 0.2) is 0 Å². The van der Waals surface area contributed by atoms with Gasteiger partial charge < -0.3 is 15.0 Å². The Morgan fingerprint density at radius 3 is 2.31 bits per heavy atom. The Morgan fingerprint density at radius 2 is 1.65 bits per heavy atom. The Labute approximate surface area is 168 Å². The Balaban J connectivity index is 0.00000312. The van der Waals surface area contributed by atoms with Crippen molar-refractivity contribution in [3.8, 4) is 5.75 Å². The minimum absolute atomic E-state index is 0. The Hall–Kier alpha value is -1.33. The van der Waals surface area contributed by atoms with Gasteiger partial charge >= 0.3 is 0 Å².